The molecule has 0 aliphatic carbocycles. The van der Waals surface area contributed by atoms with Crippen LogP contribution in [0.1, 0.15) is 6.92 Å². The van der Waals surface area contributed by atoms with Gasteiger partial charge >= 0.3 is 0 Å². The van der Waals surface area contributed by atoms with Gasteiger partial charge in [-0.1, -0.05) is 6.07 Å². The van der Waals surface area contributed by atoms with Gasteiger partial charge < -0.3 is 20.1 Å². The van der Waals surface area contributed by atoms with Gasteiger partial charge in [0.05, 0.1) is 13.2 Å². The van der Waals surface area contributed by atoms with E-state index in [1.807, 2.05) is 6.92 Å². The van der Waals surface area contributed by atoms with E-state index < -0.39 is 0 Å². The fourth-order valence-electron chi connectivity index (χ4n) is 1.63. The molecule has 1 amide bonds. The third kappa shape index (κ3) is 4.35. The zero-order chi connectivity index (χ0) is 13.4. The largest absolute Gasteiger partial charge is 0.508 e. The lowest BCUT2D eigenvalue weighted by Crippen LogP contribution is -2.39. The predicted molar refractivity (Wildman–Crippen MR) is 70.9 cm³/mol. The maximum atomic E-state index is 12.0. The van der Waals surface area contributed by atoms with E-state index in [2.05, 4.69) is 5.32 Å². The monoisotopic (exact) mass is 252 g/mol. The summed E-state index contributed by atoms with van der Waals surface area (Å²) in [5, 5.41) is 12.4. The molecule has 0 aromatic heterocycles. The maximum absolute atomic E-state index is 12.0. The smallest absolute Gasteiger partial charge is 0.240 e. The number of hydrogen-bond acceptors (Lipinski definition) is 4. The first-order valence-electron chi connectivity index (χ1n) is 5.98. The van der Waals surface area contributed by atoms with E-state index in [1.165, 1.54) is 0 Å². The van der Waals surface area contributed by atoms with Crippen molar-refractivity contribution in [2.75, 3.05) is 38.3 Å². The molecule has 0 saturated heterocycles. The molecule has 100 valence electrons. The van der Waals surface area contributed by atoms with Gasteiger partial charge in [0, 0.05) is 32.0 Å². The Hall–Kier alpha value is -1.59. The Morgan fingerprint density at radius 3 is 2.89 bits per heavy atom. The molecule has 5 heteroatoms. The van der Waals surface area contributed by atoms with Crippen LogP contribution in [0.2, 0.25) is 0 Å². The average molecular weight is 252 g/mol. The summed E-state index contributed by atoms with van der Waals surface area (Å²) in [4.78, 5) is 13.6. The molecule has 1 rings (SSSR count). The third-order valence-corrected chi connectivity index (χ3v) is 2.52. The number of carbonyl (C=O) groups is 1. The second kappa shape index (κ2) is 7.68. The van der Waals surface area contributed by atoms with Crippen molar-refractivity contribution in [3.8, 4) is 5.75 Å². The van der Waals surface area contributed by atoms with Crippen molar-refractivity contribution in [2.45, 2.75) is 6.92 Å². The Bertz CT molecular complexity index is 382. The van der Waals surface area contributed by atoms with Crippen LogP contribution in [0.5, 0.6) is 5.75 Å². The topological polar surface area (TPSA) is 61.8 Å². The molecule has 1 aromatic carbocycles. The summed E-state index contributed by atoms with van der Waals surface area (Å²) >= 11 is 0. The van der Waals surface area contributed by atoms with Crippen molar-refractivity contribution in [3.05, 3.63) is 24.3 Å². The Kier molecular flexibility index (Phi) is 6.18. The normalized spacial score (nSPS) is 10.3. The summed E-state index contributed by atoms with van der Waals surface area (Å²) in [6, 6.07) is 6.68. The Balaban J connectivity index is 2.57. The molecular weight excluding hydrogens is 232 g/mol. The van der Waals surface area contributed by atoms with Crippen LogP contribution in [0.3, 0.4) is 0 Å². The molecule has 1 aromatic rings. The number of anilines is 1. The van der Waals surface area contributed by atoms with Crippen LogP contribution in [0.15, 0.2) is 24.3 Å². The number of phenolic OH excluding ortho intramolecular Hbond substituents is 1. The number of phenols is 1. The lowest BCUT2D eigenvalue weighted by atomic mass is 10.2. The lowest BCUT2D eigenvalue weighted by molar-refractivity contribution is -0.117. The lowest BCUT2D eigenvalue weighted by Gasteiger charge is -2.21. The molecule has 0 bridgehead atoms. The molecule has 0 spiro atoms. The molecule has 0 aliphatic heterocycles. The van der Waals surface area contributed by atoms with Crippen LogP contribution in [0.4, 0.5) is 5.69 Å². The van der Waals surface area contributed by atoms with E-state index in [0.29, 0.717) is 25.4 Å². The number of rotatable bonds is 7. The van der Waals surface area contributed by atoms with Crippen LogP contribution in [0, 0.1) is 0 Å². The van der Waals surface area contributed by atoms with E-state index in [0.717, 1.165) is 0 Å². The summed E-state index contributed by atoms with van der Waals surface area (Å²) < 4.78 is 4.89. The fourth-order valence-corrected chi connectivity index (χ4v) is 1.63. The van der Waals surface area contributed by atoms with E-state index >= 15 is 0 Å². The molecule has 0 aliphatic rings. The van der Waals surface area contributed by atoms with E-state index in [1.54, 1.807) is 36.3 Å². The highest BCUT2D eigenvalue weighted by Gasteiger charge is 2.13. The van der Waals surface area contributed by atoms with E-state index in [4.69, 9.17) is 4.74 Å². The van der Waals surface area contributed by atoms with Gasteiger partial charge in [0.1, 0.15) is 5.75 Å². The van der Waals surface area contributed by atoms with Gasteiger partial charge in [0.2, 0.25) is 5.91 Å². The summed E-state index contributed by atoms with van der Waals surface area (Å²) in [5.41, 5.74) is 0.705. The van der Waals surface area contributed by atoms with E-state index in [-0.39, 0.29) is 18.2 Å². The van der Waals surface area contributed by atoms with Crippen LogP contribution in [-0.2, 0) is 9.53 Å². The molecule has 18 heavy (non-hydrogen) atoms. The number of ether oxygens (including phenoxy) is 1. The molecule has 5 nitrogen and oxygen atoms in total. The first-order valence-corrected chi connectivity index (χ1v) is 5.98. The van der Waals surface area contributed by atoms with Gasteiger partial charge in [0.25, 0.3) is 0 Å². The van der Waals surface area contributed by atoms with Gasteiger partial charge in [-0.3, -0.25) is 4.79 Å². The van der Waals surface area contributed by atoms with Gasteiger partial charge in [-0.25, -0.2) is 0 Å². The Labute approximate surface area is 107 Å². The highest BCUT2D eigenvalue weighted by atomic mass is 16.5. The zero-order valence-electron chi connectivity index (χ0n) is 10.8. The van der Waals surface area contributed by atoms with Crippen molar-refractivity contribution in [1.29, 1.82) is 0 Å². The van der Waals surface area contributed by atoms with Crippen molar-refractivity contribution in [2.24, 2.45) is 0 Å². The SMILES string of the molecule is CCN(C(=O)CNCCOC)c1cccc(O)c1. The summed E-state index contributed by atoms with van der Waals surface area (Å²) in [6.45, 7) is 3.93. The molecule has 0 unspecified atom stereocenters. The van der Waals surface area contributed by atoms with Gasteiger partial charge in [0.15, 0.2) is 0 Å². The molecule has 0 heterocycles. The molecular formula is C13H20N2O3. The number of nitrogens with one attached hydrogen (secondary N) is 1. The number of amides is 1. The molecule has 0 atom stereocenters. The molecule has 0 fully saturated rings. The summed E-state index contributed by atoms with van der Waals surface area (Å²) in [6.07, 6.45) is 0. The van der Waals surface area contributed by atoms with Crippen LogP contribution in [0.25, 0.3) is 0 Å². The van der Waals surface area contributed by atoms with Gasteiger partial charge in [-0.05, 0) is 19.1 Å². The number of hydrogen-bond donors (Lipinski definition) is 2. The highest BCUT2D eigenvalue weighted by Crippen LogP contribution is 2.19. The zero-order valence-corrected chi connectivity index (χ0v) is 10.8. The quantitative estimate of drug-likeness (QED) is 0.710. The second-order valence-electron chi connectivity index (χ2n) is 3.83. The minimum atomic E-state index is -0.0285. The van der Waals surface area contributed by atoms with E-state index in [9.17, 15) is 9.90 Å². The fraction of sp³-hybridized carbons (Fsp3) is 0.462. The first kappa shape index (κ1) is 14.5. The standard InChI is InChI=1S/C13H20N2O3/c1-3-15(11-5-4-6-12(16)9-11)13(17)10-14-7-8-18-2/h4-6,9,14,16H,3,7-8,10H2,1-2H3. The van der Waals surface area contributed by atoms with Crippen molar-refractivity contribution < 1.29 is 14.6 Å². The van der Waals surface area contributed by atoms with Crippen molar-refractivity contribution in [1.82, 2.24) is 5.32 Å². The third-order valence-electron chi connectivity index (χ3n) is 2.52. The summed E-state index contributed by atoms with van der Waals surface area (Å²) in [7, 11) is 1.62. The second-order valence-corrected chi connectivity index (χ2v) is 3.83. The van der Waals surface area contributed by atoms with Gasteiger partial charge in [-0.15, -0.1) is 0 Å². The number of methoxy groups -OCH3 is 1. The van der Waals surface area contributed by atoms with Crippen molar-refractivity contribution >= 4 is 11.6 Å². The Morgan fingerprint density at radius 2 is 2.28 bits per heavy atom. The van der Waals surface area contributed by atoms with Crippen LogP contribution >= 0.6 is 0 Å². The van der Waals surface area contributed by atoms with Gasteiger partial charge in [-0.2, -0.15) is 0 Å². The molecule has 0 saturated carbocycles. The maximum Gasteiger partial charge on any atom is 0.240 e. The average Bonchev–Trinajstić information content (AvgIpc) is 2.36. The number of aromatic hydroxyl groups is 1. The number of carbonyl (C=O) groups excluding carboxylic acids is 1. The first-order chi connectivity index (χ1) is 8.69. The number of likely N-dealkylation sites (N-methyl/N-ethyl adjacent to an activating group) is 1. The number of nitrogens with zero attached hydrogens (tertiary/aromatic N) is 1. The predicted octanol–water partition coefficient (Wildman–Crippen LogP) is 0.981. The number of benzene rings is 1. The molecule has 0 radical (unpaired) electrons. The summed E-state index contributed by atoms with van der Waals surface area (Å²) in [5.74, 6) is 0.130. The van der Waals surface area contributed by atoms with Crippen LogP contribution in [-0.4, -0.2) is 44.4 Å². The minimum absolute atomic E-state index is 0.0285. The Morgan fingerprint density at radius 1 is 1.50 bits per heavy atom. The highest BCUT2D eigenvalue weighted by molar-refractivity contribution is 5.94. The molecule has 2 N–H and O–H groups in total. The minimum Gasteiger partial charge on any atom is -0.508 e. The van der Waals surface area contributed by atoms with Crippen molar-refractivity contribution in [3.63, 3.8) is 0 Å². The van der Waals surface area contributed by atoms with Crippen LogP contribution < -0.4 is 10.2 Å².